The van der Waals surface area contributed by atoms with E-state index in [1.807, 2.05) is 43.4 Å². The van der Waals surface area contributed by atoms with Crippen LogP contribution in [-0.4, -0.2) is 30.5 Å². The molecule has 0 bridgehead atoms. The minimum Gasteiger partial charge on any atom is -0.392 e. The zero-order chi connectivity index (χ0) is 13.3. The molecule has 18 heavy (non-hydrogen) atoms. The first-order valence-electron chi connectivity index (χ1n) is 6.12. The molecule has 0 radical (unpaired) electrons. The Kier molecular flexibility index (Phi) is 3.52. The Morgan fingerprint density at radius 1 is 1.28 bits per heavy atom. The highest BCUT2D eigenvalue weighted by atomic mass is 16.3. The molecule has 0 aromatic carbocycles. The molecule has 0 amide bonds. The van der Waals surface area contributed by atoms with Gasteiger partial charge in [0, 0.05) is 45.0 Å². The van der Waals surface area contributed by atoms with E-state index in [1.165, 1.54) is 0 Å². The van der Waals surface area contributed by atoms with Crippen molar-refractivity contribution in [2.24, 2.45) is 14.1 Å². The summed E-state index contributed by atoms with van der Waals surface area (Å²) in [6.07, 6.45) is 4.41. The maximum atomic E-state index is 10.2. The van der Waals surface area contributed by atoms with Crippen molar-refractivity contribution in [3.63, 3.8) is 0 Å². The average molecular weight is 248 g/mol. The third kappa shape index (κ3) is 2.46. The van der Waals surface area contributed by atoms with Gasteiger partial charge in [0.2, 0.25) is 0 Å². The van der Waals surface area contributed by atoms with Crippen molar-refractivity contribution in [3.05, 3.63) is 35.2 Å². The highest BCUT2D eigenvalue weighted by Crippen LogP contribution is 2.15. The highest BCUT2D eigenvalue weighted by Gasteiger charge is 2.15. The molecule has 0 spiro atoms. The van der Waals surface area contributed by atoms with Gasteiger partial charge >= 0.3 is 0 Å². The van der Waals surface area contributed by atoms with E-state index < -0.39 is 6.10 Å². The lowest BCUT2D eigenvalue weighted by Gasteiger charge is -2.11. The summed E-state index contributed by atoms with van der Waals surface area (Å²) in [7, 11) is 3.87. The summed E-state index contributed by atoms with van der Waals surface area (Å²) in [4.78, 5) is 4.23. The number of aryl methyl sites for hydroxylation is 3. The standard InChI is InChI=1S/C13H20N4O/c1-9-12(10(2)17(4)15-9)7-11(18)8-13-14-5-6-16(13)3/h5-6,11,18H,7-8H2,1-4H3. The third-order valence-electron chi connectivity index (χ3n) is 3.44. The summed E-state index contributed by atoms with van der Waals surface area (Å²) in [5.74, 6) is 0.904. The maximum Gasteiger partial charge on any atom is 0.110 e. The van der Waals surface area contributed by atoms with Crippen LogP contribution in [0.2, 0.25) is 0 Å². The fraction of sp³-hybridized carbons (Fsp3) is 0.538. The predicted octanol–water partition coefficient (Wildman–Crippen LogP) is 0.917. The number of nitrogens with zero attached hydrogens (tertiary/aromatic N) is 4. The number of hydrogen-bond donors (Lipinski definition) is 1. The summed E-state index contributed by atoms with van der Waals surface area (Å²) in [5, 5.41) is 14.5. The van der Waals surface area contributed by atoms with Gasteiger partial charge in [-0.05, 0) is 19.4 Å². The molecule has 2 aromatic rings. The van der Waals surface area contributed by atoms with Crippen molar-refractivity contribution in [1.82, 2.24) is 19.3 Å². The molecule has 0 saturated carbocycles. The van der Waals surface area contributed by atoms with Gasteiger partial charge in [0.15, 0.2) is 0 Å². The Morgan fingerprint density at radius 3 is 2.50 bits per heavy atom. The van der Waals surface area contributed by atoms with Crippen LogP contribution >= 0.6 is 0 Å². The fourth-order valence-corrected chi connectivity index (χ4v) is 2.22. The Hall–Kier alpha value is -1.62. The Morgan fingerprint density at radius 2 is 2.00 bits per heavy atom. The second-order valence-electron chi connectivity index (χ2n) is 4.79. The number of aliphatic hydroxyl groups excluding tert-OH is 1. The summed E-state index contributed by atoms with van der Waals surface area (Å²) >= 11 is 0. The maximum absolute atomic E-state index is 10.2. The van der Waals surface area contributed by atoms with Crippen LogP contribution in [0.25, 0.3) is 0 Å². The Bertz CT molecular complexity index is 541. The van der Waals surface area contributed by atoms with E-state index >= 15 is 0 Å². The number of imidazole rings is 1. The first-order chi connectivity index (χ1) is 8.49. The molecule has 1 unspecified atom stereocenters. The molecule has 0 fully saturated rings. The molecule has 98 valence electrons. The normalized spacial score (nSPS) is 12.9. The van der Waals surface area contributed by atoms with Gasteiger partial charge in [-0.15, -0.1) is 0 Å². The molecular weight excluding hydrogens is 228 g/mol. The lowest BCUT2D eigenvalue weighted by molar-refractivity contribution is 0.171. The van der Waals surface area contributed by atoms with Crippen LogP contribution in [0.3, 0.4) is 0 Å². The molecule has 2 aromatic heterocycles. The second-order valence-corrected chi connectivity index (χ2v) is 4.79. The Balaban J connectivity index is 2.07. The topological polar surface area (TPSA) is 55.9 Å². The summed E-state index contributed by atoms with van der Waals surface area (Å²) in [5.41, 5.74) is 3.25. The third-order valence-corrected chi connectivity index (χ3v) is 3.44. The quantitative estimate of drug-likeness (QED) is 0.875. The van der Waals surface area contributed by atoms with E-state index in [2.05, 4.69) is 10.1 Å². The summed E-state index contributed by atoms with van der Waals surface area (Å²) in [6, 6.07) is 0. The van der Waals surface area contributed by atoms with E-state index in [-0.39, 0.29) is 0 Å². The highest BCUT2D eigenvalue weighted by molar-refractivity contribution is 5.25. The fourth-order valence-electron chi connectivity index (χ4n) is 2.22. The van der Waals surface area contributed by atoms with Crippen LogP contribution in [-0.2, 0) is 26.9 Å². The second kappa shape index (κ2) is 4.94. The van der Waals surface area contributed by atoms with Crippen LogP contribution in [0.4, 0.5) is 0 Å². The first kappa shape index (κ1) is 12.8. The largest absolute Gasteiger partial charge is 0.392 e. The zero-order valence-electron chi connectivity index (χ0n) is 11.4. The lowest BCUT2D eigenvalue weighted by Crippen LogP contribution is -2.17. The number of aliphatic hydroxyl groups is 1. The molecule has 0 saturated heterocycles. The number of hydrogen-bond acceptors (Lipinski definition) is 3. The van der Waals surface area contributed by atoms with Crippen LogP contribution in [0.1, 0.15) is 22.8 Å². The zero-order valence-corrected chi connectivity index (χ0v) is 11.4. The smallest absolute Gasteiger partial charge is 0.110 e. The van der Waals surface area contributed by atoms with Crippen molar-refractivity contribution in [2.45, 2.75) is 32.8 Å². The van der Waals surface area contributed by atoms with Gasteiger partial charge in [0.1, 0.15) is 5.82 Å². The van der Waals surface area contributed by atoms with E-state index in [0.29, 0.717) is 12.8 Å². The minimum atomic E-state index is -0.423. The number of rotatable bonds is 4. The molecule has 2 heterocycles. The van der Waals surface area contributed by atoms with E-state index in [9.17, 15) is 5.11 Å². The Labute approximate surface area is 107 Å². The van der Waals surface area contributed by atoms with Gasteiger partial charge < -0.3 is 9.67 Å². The first-order valence-corrected chi connectivity index (χ1v) is 6.12. The van der Waals surface area contributed by atoms with E-state index in [0.717, 1.165) is 22.8 Å². The van der Waals surface area contributed by atoms with Gasteiger partial charge in [-0.25, -0.2) is 4.98 Å². The molecule has 0 aliphatic rings. The molecule has 2 rings (SSSR count). The van der Waals surface area contributed by atoms with Gasteiger partial charge in [0.05, 0.1) is 11.8 Å². The van der Waals surface area contributed by atoms with Crippen LogP contribution < -0.4 is 0 Å². The molecular formula is C13H20N4O. The monoisotopic (exact) mass is 248 g/mol. The van der Waals surface area contributed by atoms with Crippen molar-refractivity contribution in [2.75, 3.05) is 0 Å². The predicted molar refractivity (Wildman–Crippen MR) is 69.3 cm³/mol. The van der Waals surface area contributed by atoms with Crippen molar-refractivity contribution < 1.29 is 5.11 Å². The van der Waals surface area contributed by atoms with Crippen LogP contribution in [0.5, 0.6) is 0 Å². The van der Waals surface area contributed by atoms with Gasteiger partial charge in [-0.3, -0.25) is 4.68 Å². The van der Waals surface area contributed by atoms with Crippen LogP contribution in [0, 0.1) is 13.8 Å². The molecule has 1 N–H and O–H groups in total. The van der Waals surface area contributed by atoms with Gasteiger partial charge in [-0.2, -0.15) is 5.10 Å². The van der Waals surface area contributed by atoms with E-state index in [4.69, 9.17) is 0 Å². The molecule has 1 atom stereocenters. The molecule has 5 heteroatoms. The summed E-state index contributed by atoms with van der Waals surface area (Å²) in [6.45, 7) is 4.01. The van der Waals surface area contributed by atoms with Crippen molar-refractivity contribution >= 4 is 0 Å². The molecule has 0 aliphatic carbocycles. The van der Waals surface area contributed by atoms with Gasteiger partial charge in [-0.1, -0.05) is 0 Å². The molecule has 5 nitrogen and oxygen atoms in total. The van der Waals surface area contributed by atoms with Crippen LogP contribution in [0.15, 0.2) is 12.4 Å². The summed E-state index contributed by atoms with van der Waals surface area (Å²) < 4.78 is 3.80. The lowest BCUT2D eigenvalue weighted by atomic mass is 10.0. The average Bonchev–Trinajstić information content (AvgIpc) is 2.79. The SMILES string of the molecule is Cc1nn(C)c(C)c1CC(O)Cc1nccn1C. The number of aromatic nitrogens is 4. The van der Waals surface area contributed by atoms with Gasteiger partial charge in [0.25, 0.3) is 0 Å². The molecule has 0 aliphatic heterocycles. The van der Waals surface area contributed by atoms with Crippen molar-refractivity contribution in [1.29, 1.82) is 0 Å². The minimum absolute atomic E-state index is 0.423. The van der Waals surface area contributed by atoms with E-state index in [1.54, 1.807) is 6.20 Å². The van der Waals surface area contributed by atoms with Crippen molar-refractivity contribution in [3.8, 4) is 0 Å².